The van der Waals surface area contributed by atoms with Crippen LogP contribution in [-0.4, -0.2) is 18.8 Å². The van der Waals surface area contributed by atoms with Crippen molar-refractivity contribution in [1.29, 1.82) is 0 Å². The fourth-order valence-electron chi connectivity index (χ4n) is 2.01. The van der Waals surface area contributed by atoms with Crippen LogP contribution in [0.2, 0.25) is 0 Å². The van der Waals surface area contributed by atoms with Gasteiger partial charge in [-0.05, 0) is 57.2 Å². The minimum absolute atomic E-state index is 0.163. The van der Waals surface area contributed by atoms with E-state index < -0.39 is 10.0 Å². The Kier molecular flexibility index (Phi) is 4.91. The fourth-order valence-corrected chi connectivity index (χ4v) is 3.88. The maximum Gasteiger partial charge on any atom is 0.243 e. The summed E-state index contributed by atoms with van der Waals surface area (Å²) < 4.78 is 33.3. The number of sulfonamides is 1. The van der Waals surface area contributed by atoms with Crippen LogP contribution >= 0.6 is 15.9 Å². The van der Waals surface area contributed by atoms with Gasteiger partial charge in [-0.1, -0.05) is 15.9 Å². The topological polar surface area (TPSA) is 50.5 Å². The van der Waals surface area contributed by atoms with Crippen molar-refractivity contribution in [3.63, 3.8) is 0 Å². The van der Waals surface area contributed by atoms with Crippen LogP contribution in [0, 0.1) is 6.92 Å². The van der Waals surface area contributed by atoms with E-state index in [1.54, 1.807) is 24.3 Å². The molecule has 1 aromatic carbocycles. The normalized spacial score (nSPS) is 12.3. The van der Waals surface area contributed by atoms with E-state index in [0.717, 1.165) is 10.2 Å². The number of furan rings is 1. The number of nitrogens with zero attached hydrogens (tertiary/aromatic N) is 1. The predicted molar refractivity (Wildman–Crippen MR) is 85.5 cm³/mol. The monoisotopic (exact) mass is 371 g/mol. The van der Waals surface area contributed by atoms with E-state index >= 15 is 0 Å². The lowest BCUT2D eigenvalue weighted by Gasteiger charge is -2.25. The maximum atomic E-state index is 12.8. The molecule has 0 aliphatic rings. The number of benzene rings is 1. The van der Waals surface area contributed by atoms with Gasteiger partial charge in [0.05, 0.1) is 11.4 Å². The molecule has 0 spiro atoms. The standard InChI is InChI=1S/C15H18BrNO3S/c1-11(2)17(10-14-7-4-12(3)20-14)21(18,19)15-8-5-13(16)6-9-15/h4-9,11H,10H2,1-3H3. The molecule has 0 saturated heterocycles. The van der Waals surface area contributed by atoms with Crippen molar-refractivity contribution in [2.75, 3.05) is 0 Å². The molecule has 0 atom stereocenters. The van der Waals surface area contributed by atoms with Crippen LogP contribution in [0.15, 0.2) is 50.2 Å². The molecule has 0 aliphatic carbocycles. The lowest BCUT2D eigenvalue weighted by molar-refractivity contribution is 0.314. The van der Waals surface area contributed by atoms with Crippen LogP contribution in [0.3, 0.4) is 0 Å². The average molecular weight is 372 g/mol. The maximum absolute atomic E-state index is 12.8. The zero-order valence-corrected chi connectivity index (χ0v) is 14.6. The predicted octanol–water partition coefficient (Wildman–Crippen LogP) is 3.95. The zero-order valence-electron chi connectivity index (χ0n) is 12.2. The number of halogens is 1. The Morgan fingerprint density at radius 3 is 2.24 bits per heavy atom. The van der Waals surface area contributed by atoms with Crippen LogP contribution in [0.5, 0.6) is 0 Å². The summed E-state index contributed by atoms with van der Waals surface area (Å²) in [5.74, 6) is 1.41. The Morgan fingerprint density at radius 1 is 1.14 bits per heavy atom. The third kappa shape index (κ3) is 3.75. The van der Waals surface area contributed by atoms with Gasteiger partial charge < -0.3 is 4.42 Å². The molecule has 0 radical (unpaired) electrons. The molecule has 114 valence electrons. The third-order valence-corrected chi connectivity index (χ3v) is 5.67. The van der Waals surface area contributed by atoms with Gasteiger partial charge in [0.2, 0.25) is 10.0 Å². The molecule has 2 aromatic rings. The summed E-state index contributed by atoms with van der Waals surface area (Å²) in [6, 6.07) is 10.1. The van der Waals surface area contributed by atoms with E-state index in [0.29, 0.717) is 5.76 Å². The molecule has 1 heterocycles. The molecule has 0 N–H and O–H groups in total. The van der Waals surface area contributed by atoms with E-state index in [2.05, 4.69) is 15.9 Å². The molecule has 0 saturated carbocycles. The summed E-state index contributed by atoms with van der Waals surface area (Å²) in [5.41, 5.74) is 0. The van der Waals surface area contributed by atoms with Gasteiger partial charge in [0.15, 0.2) is 0 Å². The van der Waals surface area contributed by atoms with Gasteiger partial charge in [-0.25, -0.2) is 8.42 Å². The van der Waals surface area contributed by atoms with Gasteiger partial charge in [0.1, 0.15) is 11.5 Å². The molecule has 0 unspecified atom stereocenters. The SMILES string of the molecule is Cc1ccc(CN(C(C)C)S(=O)(=O)c2ccc(Br)cc2)o1. The largest absolute Gasteiger partial charge is 0.465 e. The van der Waals surface area contributed by atoms with Crippen molar-refractivity contribution >= 4 is 26.0 Å². The highest BCUT2D eigenvalue weighted by molar-refractivity contribution is 9.10. The number of rotatable bonds is 5. The van der Waals surface area contributed by atoms with Crippen LogP contribution in [0.4, 0.5) is 0 Å². The van der Waals surface area contributed by atoms with Crippen molar-refractivity contribution in [2.45, 2.75) is 38.3 Å². The zero-order chi connectivity index (χ0) is 15.6. The Hall–Kier alpha value is -1.11. The van der Waals surface area contributed by atoms with Crippen LogP contribution in [-0.2, 0) is 16.6 Å². The van der Waals surface area contributed by atoms with Crippen molar-refractivity contribution in [3.05, 3.63) is 52.4 Å². The first-order valence-corrected chi connectivity index (χ1v) is 8.87. The Bertz CT molecular complexity index is 705. The number of aryl methyl sites for hydroxylation is 1. The van der Waals surface area contributed by atoms with Crippen LogP contribution in [0.1, 0.15) is 25.4 Å². The second-order valence-electron chi connectivity index (χ2n) is 5.11. The average Bonchev–Trinajstić information content (AvgIpc) is 2.81. The molecule has 4 nitrogen and oxygen atoms in total. The van der Waals surface area contributed by atoms with Gasteiger partial charge in [-0.2, -0.15) is 4.31 Å². The molecular formula is C15H18BrNO3S. The summed E-state index contributed by atoms with van der Waals surface area (Å²) in [6.45, 7) is 5.77. The van der Waals surface area contributed by atoms with E-state index in [-0.39, 0.29) is 17.5 Å². The summed E-state index contributed by atoms with van der Waals surface area (Å²) in [7, 11) is -3.55. The highest BCUT2D eigenvalue weighted by Gasteiger charge is 2.28. The second-order valence-corrected chi connectivity index (χ2v) is 7.92. The lowest BCUT2D eigenvalue weighted by atomic mass is 10.3. The summed E-state index contributed by atoms with van der Waals surface area (Å²) in [4.78, 5) is 0.280. The molecular weight excluding hydrogens is 354 g/mol. The second kappa shape index (κ2) is 6.34. The van der Waals surface area contributed by atoms with Gasteiger partial charge in [0, 0.05) is 10.5 Å². The smallest absolute Gasteiger partial charge is 0.243 e. The van der Waals surface area contributed by atoms with Gasteiger partial charge >= 0.3 is 0 Å². The molecule has 6 heteroatoms. The van der Waals surface area contributed by atoms with Crippen molar-refractivity contribution in [1.82, 2.24) is 4.31 Å². The Labute approximate surface area is 133 Å². The molecule has 0 aliphatic heterocycles. The van der Waals surface area contributed by atoms with Crippen LogP contribution < -0.4 is 0 Å². The molecule has 0 bridgehead atoms. The molecule has 2 rings (SSSR count). The lowest BCUT2D eigenvalue weighted by Crippen LogP contribution is -2.36. The molecule has 0 amide bonds. The minimum atomic E-state index is -3.55. The molecule has 1 aromatic heterocycles. The fraction of sp³-hybridized carbons (Fsp3) is 0.333. The highest BCUT2D eigenvalue weighted by atomic mass is 79.9. The van der Waals surface area contributed by atoms with Crippen molar-refractivity contribution < 1.29 is 12.8 Å². The van der Waals surface area contributed by atoms with Gasteiger partial charge in [-0.3, -0.25) is 0 Å². The summed E-state index contributed by atoms with van der Waals surface area (Å²) in [6.07, 6.45) is 0. The first kappa shape index (κ1) is 16.3. The van der Waals surface area contributed by atoms with Crippen molar-refractivity contribution in [3.8, 4) is 0 Å². The van der Waals surface area contributed by atoms with E-state index in [1.807, 2.05) is 32.9 Å². The van der Waals surface area contributed by atoms with Crippen LogP contribution in [0.25, 0.3) is 0 Å². The summed E-state index contributed by atoms with van der Waals surface area (Å²) >= 11 is 3.31. The Morgan fingerprint density at radius 2 is 1.76 bits per heavy atom. The minimum Gasteiger partial charge on any atom is -0.465 e. The van der Waals surface area contributed by atoms with E-state index in [9.17, 15) is 8.42 Å². The van der Waals surface area contributed by atoms with E-state index in [4.69, 9.17) is 4.42 Å². The molecule has 21 heavy (non-hydrogen) atoms. The van der Waals surface area contributed by atoms with E-state index in [1.165, 1.54) is 4.31 Å². The van der Waals surface area contributed by atoms with Gasteiger partial charge in [-0.15, -0.1) is 0 Å². The molecule has 0 fully saturated rings. The first-order chi connectivity index (χ1) is 9.80. The third-order valence-electron chi connectivity index (χ3n) is 3.10. The summed E-state index contributed by atoms with van der Waals surface area (Å²) in [5, 5.41) is 0. The quantitative estimate of drug-likeness (QED) is 0.799. The van der Waals surface area contributed by atoms with Crippen molar-refractivity contribution in [2.24, 2.45) is 0 Å². The van der Waals surface area contributed by atoms with Gasteiger partial charge in [0.25, 0.3) is 0 Å². The first-order valence-electron chi connectivity index (χ1n) is 6.63. The number of hydrogen-bond donors (Lipinski definition) is 0. The Balaban J connectivity index is 2.34. The highest BCUT2D eigenvalue weighted by Crippen LogP contribution is 2.23. The number of hydrogen-bond acceptors (Lipinski definition) is 3.